The molecule has 0 aliphatic rings. The molecule has 0 aliphatic carbocycles. The van der Waals surface area contributed by atoms with Gasteiger partial charge < -0.3 is 4.74 Å². The summed E-state index contributed by atoms with van der Waals surface area (Å²) in [5, 5.41) is 0. The van der Waals surface area contributed by atoms with E-state index in [0.29, 0.717) is 16.9 Å². The van der Waals surface area contributed by atoms with Crippen LogP contribution in [0.25, 0.3) is 0 Å². The normalized spacial score (nSPS) is 10.2. The summed E-state index contributed by atoms with van der Waals surface area (Å²) in [6.07, 6.45) is 0. The third kappa shape index (κ3) is 2.46. The fourth-order valence-corrected chi connectivity index (χ4v) is 2.22. The van der Waals surface area contributed by atoms with E-state index < -0.39 is 0 Å². The van der Waals surface area contributed by atoms with Crippen LogP contribution >= 0.6 is 15.9 Å². The maximum absolute atomic E-state index is 12.5. The zero-order valence-electron chi connectivity index (χ0n) is 10.2. The number of carbonyl (C=O) groups is 1. The fraction of sp³-hybridized carbons (Fsp3) is 0.133. The van der Waals surface area contributed by atoms with Crippen LogP contribution in [-0.2, 0) is 0 Å². The predicted octanol–water partition coefficient (Wildman–Crippen LogP) is 4.00. The van der Waals surface area contributed by atoms with Gasteiger partial charge in [-0.1, -0.05) is 39.7 Å². The van der Waals surface area contributed by atoms with Crippen LogP contribution < -0.4 is 4.74 Å². The molecule has 2 aromatic rings. The molecule has 0 spiro atoms. The maximum atomic E-state index is 12.5. The topological polar surface area (TPSA) is 26.3 Å². The van der Waals surface area contributed by atoms with Gasteiger partial charge in [0.1, 0.15) is 5.75 Å². The van der Waals surface area contributed by atoms with E-state index in [-0.39, 0.29) is 5.78 Å². The van der Waals surface area contributed by atoms with Crippen LogP contribution in [0, 0.1) is 6.92 Å². The average Bonchev–Trinajstić information content (AvgIpc) is 2.40. The Morgan fingerprint density at radius 3 is 2.56 bits per heavy atom. The highest BCUT2D eigenvalue weighted by molar-refractivity contribution is 9.10. The van der Waals surface area contributed by atoms with E-state index in [1.165, 1.54) is 0 Å². The Balaban J connectivity index is 2.51. The highest BCUT2D eigenvalue weighted by Crippen LogP contribution is 2.26. The summed E-state index contributed by atoms with van der Waals surface area (Å²) in [4.78, 5) is 12.5. The molecular formula is C15H13BrO2. The molecule has 3 heteroatoms. The van der Waals surface area contributed by atoms with Crippen LogP contribution in [0.1, 0.15) is 21.5 Å². The third-order valence-corrected chi connectivity index (χ3v) is 3.41. The minimum absolute atomic E-state index is 0.0389. The number of carbonyl (C=O) groups excluding carboxylic acids is 1. The first-order valence-electron chi connectivity index (χ1n) is 5.57. The summed E-state index contributed by atoms with van der Waals surface area (Å²) in [5.41, 5.74) is 2.28. The number of methoxy groups -OCH3 is 1. The first-order chi connectivity index (χ1) is 8.63. The molecule has 0 atom stereocenters. The quantitative estimate of drug-likeness (QED) is 0.801. The largest absolute Gasteiger partial charge is 0.496 e. The molecule has 0 saturated carbocycles. The number of aryl methyl sites for hydroxylation is 1. The Morgan fingerprint density at radius 2 is 1.83 bits per heavy atom. The molecule has 18 heavy (non-hydrogen) atoms. The number of hydrogen-bond donors (Lipinski definition) is 0. The standard InChI is InChI=1S/C15H13BrO2/c1-10-7-8-13(16)12(9-10)15(17)11-5-3-4-6-14(11)18-2/h3-9H,1-2H3. The van der Waals surface area contributed by atoms with Gasteiger partial charge in [0.05, 0.1) is 12.7 Å². The smallest absolute Gasteiger partial charge is 0.197 e. The molecule has 2 aromatic carbocycles. The zero-order chi connectivity index (χ0) is 13.1. The second-order valence-electron chi connectivity index (χ2n) is 4.01. The van der Waals surface area contributed by atoms with Crippen molar-refractivity contribution < 1.29 is 9.53 Å². The van der Waals surface area contributed by atoms with Crippen molar-refractivity contribution >= 4 is 21.7 Å². The van der Waals surface area contributed by atoms with Gasteiger partial charge in [-0.05, 0) is 31.2 Å². The van der Waals surface area contributed by atoms with Crippen molar-refractivity contribution in [3.63, 3.8) is 0 Å². The number of benzene rings is 2. The maximum Gasteiger partial charge on any atom is 0.197 e. The molecule has 92 valence electrons. The third-order valence-electron chi connectivity index (χ3n) is 2.72. The molecule has 0 saturated heterocycles. The number of para-hydroxylation sites is 1. The van der Waals surface area contributed by atoms with Crippen LogP contribution in [0.4, 0.5) is 0 Å². The summed E-state index contributed by atoms with van der Waals surface area (Å²) in [6, 6.07) is 13.0. The first-order valence-corrected chi connectivity index (χ1v) is 6.36. The lowest BCUT2D eigenvalue weighted by molar-refractivity contribution is 0.103. The molecule has 0 bridgehead atoms. The molecular weight excluding hydrogens is 292 g/mol. The van der Waals surface area contributed by atoms with Gasteiger partial charge in [-0.25, -0.2) is 0 Å². The molecule has 0 heterocycles. The molecule has 0 amide bonds. The molecule has 0 aromatic heterocycles. The molecule has 0 radical (unpaired) electrons. The van der Waals surface area contributed by atoms with Crippen molar-refractivity contribution in [1.82, 2.24) is 0 Å². The van der Waals surface area contributed by atoms with Crippen molar-refractivity contribution in [2.45, 2.75) is 6.92 Å². The number of halogens is 1. The van der Waals surface area contributed by atoms with Crippen LogP contribution in [0.2, 0.25) is 0 Å². The monoisotopic (exact) mass is 304 g/mol. The van der Waals surface area contributed by atoms with Crippen molar-refractivity contribution in [3.05, 3.63) is 63.6 Å². The summed E-state index contributed by atoms with van der Waals surface area (Å²) in [7, 11) is 1.57. The number of ketones is 1. The van der Waals surface area contributed by atoms with E-state index >= 15 is 0 Å². The minimum atomic E-state index is -0.0389. The number of rotatable bonds is 3. The van der Waals surface area contributed by atoms with E-state index in [1.54, 1.807) is 19.2 Å². The summed E-state index contributed by atoms with van der Waals surface area (Å²) in [6.45, 7) is 1.96. The van der Waals surface area contributed by atoms with Crippen LogP contribution in [0.5, 0.6) is 5.75 Å². The Hall–Kier alpha value is -1.61. The zero-order valence-corrected chi connectivity index (χ0v) is 11.8. The summed E-state index contributed by atoms with van der Waals surface area (Å²) < 4.78 is 6.02. The molecule has 0 aliphatic heterocycles. The Kier molecular flexibility index (Phi) is 3.82. The van der Waals surface area contributed by atoms with Crippen LogP contribution in [0.15, 0.2) is 46.9 Å². The Morgan fingerprint density at radius 1 is 1.11 bits per heavy atom. The van der Waals surface area contributed by atoms with Crippen molar-refractivity contribution in [3.8, 4) is 5.75 Å². The Labute approximate surface area is 115 Å². The van der Waals surface area contributed by atoms with Crippen molar-refractivity contribution in [2.75, 3.05) is 7.11 Å². The minimum Gasteiger partial charge on any atom is -0.496 e. The number of ether oxygens (including phenoxy) is 1. The lowest BCUT2D eigenvalue weighted by Gasteiger charge is -2.09. The highest BCUT2D eigenvalue weighted by atomic mass is 79.9. The van der Waals surface area contributed by atoms with E-state index in [2.05, 4.69) is 15.9 Å². The van der Waals surface area contributed by atoms with E-state index in [1.807, 2.05) is 37.3 Å². The van der Waals surface area contributed by atoms with Crippen molar-refractivity contribution in [2.24, 2.45) is 0 Å². The number of hydrogen-bond acceptors (Lipinski definition) is 2. The molecule has 0 fully saturated rings. The van der Waals surface area contributed by atoms with Crippen LogP contribution in [0.3, 0.4) is 0 Å². The van der Waals surface area contributed by atoms with Gasteiger partial charge in [-0.3, -0.25) is 4.79 Å². The van der Waals surface area contributed by atoms with E-state index in [9.17, 15) is 4.79 Å². The fourth-order valence-electron chi connectivity index (χ4n) is 1.79. The average molecular weight is 305 g/mol. The highest BCUT2D eigenvalue weighted by Gasteiger charge is 2.16. The molecule has 2 nitrogen and oxygen atoms in total. The summed E-state index contributed by atoms with van der Waals surface area (Å²) in [5.74, 6) is 0.555. The predicted molar refractivity (Wildman–Crippen MR) is 75.3 cm³/mol. The SMILES string of the molecule is COc1ccccc1C(=O)c1cc(C)ccc1Br. The van der Waals surface area contributed by atoms with Gasteiger partial charge in [0, 0.05) is 10.0 Å². The van der Waals surface area contributed by atoms with Gasteiger partial charge in [-0.2, -0.15) is 0 Å². The second-order valence-corrected chi connectivity index (χ2v) is 4.87. The second kappa shape index (κ2) is 5.36. The van der Waals surface area contributed by atoms with Gasteiger partial charge in [0.2, 0.25) is 0 Å². The van der Waals surface area contributed by atoms with E-state index in [0.717, 1.165) is 10.0 Å². The lowest BCUT2D eigenvalue weighted by Crippen LogP contribution is -2.05. The van der Waals surface area contributed by atoms with E-state index in [4.69, 9.17) is 4.74 Å². The van der Waals surface area contributed by atoms with Gasteiger partial charge in [-0.15, -0.1) is 0 Å². The Bertz CT molecular complexity index is 591. The first kappa shape index (κ1) is 12.8. The summed E-state index contributed by atoms with van der Waals surface area (Å²) >= 11 is 3.41. The van der Waals surface area contributed by atoms with Gasteiger partial charge in [0.25, 0.3) is 0 Å². The van der Waals surface area contributed by atoms with Gasteiger partial charge >= 0.3 is 0 Å². The molecule has 0 N–H and O–H groups in total. The molecule has 2 rings (SSSR count). The van der Waals surface area contributed by atoms with Gasteiger partial charge in [0.15, 0.2) is 5.78 Å². The van der Waals surface area contributed by atoms with Crippen molar-refractivity contribution in [1.29, 1.82) is 0 Å². The molecule has 0 unspecified atom stereocenters. The lowest BCUT2D eigenvalue weighted by atomic mass is 10.0. The van der Waals surface area contributed by atoms with Crippen LogP contribution in [-0.4, -0.2) is 12.9 Å².